The van der Waals surface area contributed by atoms with Crippen LogP contribution in [-0.4, -0.2) is 33.2 Å². The Kier molecular flexibility index (Phi) is 6.50. The standard InChI is InChI=1S/C19H23ClN2O2/c1-14-5-8-16(9-6-14)22(2)12-4-11-21-19(23)17-13-15(20)7-10-18(17)24-3/h5-10,13H,4,11-12H2,1-3H3,(H,21,23). The molecule has 1 amide bonds. The number of nitrogens with one attached hydrogen (secondary N) is 1. The molecule has 0 aromatic heterocycles. The second-order valence-electron chi connectivity index (χ2n) is 5.71. The van der Waals surface area contributed by atoms with Gasteiger partial charge in [0, 0.05) is 30.8 Å². The molecule has 0 aliphatic carbocycles. The number of halogens is 1. The van der Waals surface area contributed by atoms with Crippen molar-refractivity contribution in [1.82, 2.24) is 5.32 Å². The lowest BCUT2D eigenvalue weighted by Crippen LogP contribution is -2.28. The number of amides is 1. The van der Waals surface area contributed by atoms with Crippen molar-refractivity contribution < 1.29 is 9.53 Å². The van der Waals surface area contributed by atoms with Crippen LogP contribution in [-0.2, 0) is 0 Å². The summed E-state index contributed by atoms with van der Waals surface area (Å²) in [7, 11) is 3.59. The minimum Gasteiger partial charge on any atom is -0.496 e. The van der Waals surface area contributed by atoms with Gasteiger partial charge in [-0.2, -0.15) is 0 Å². The second-order valence-corrected chi connectivity index (χ2v) is 6.15. The SMILES string of the molecule is COc1ccc(Cl)cc1C(=O)NCCCN(C)c1ccc(C)cc1. The zero-order valence-corrected chi connectivity index (χ0v) is 15.1. The first-order valence-electron chi connectivity index (χ1n) is 7.91. The van der Waals surface area contributed by atoms with Crippen LogP contribution in [0, 0.1) is 6.92 Å². The van der Waals surface area contributed by atoms with E-state index in [1.165, 1.54) is 18.4 Å². The van der Waals surface area contributed by atoms with E-state index in [0.29, 0.717) is 22.9 Å². The predicted molar refractivity (Wildman–Crippen MR) is 99.4 cm³/mol. The molecule has 1 N–H and O–H groups in total. The molecule has 0 aliphatic rings. The molecule has 0 saturated heterocycles. The van der Waals surface area contributed by atoms with Gasteiger partial charge in [-0.05, 0) is 43.7 Å². The number of methoxy groups -OCH3 is 1. The summed E-state index contributed by atoms with van der Waals surface area (Å²) in [6.07, 6.45) is 0.846. The van der Waals surface area contributed by atoms with E-state index in [2.05, 4.69) is 41.4 Å². The Labute approximate surface area is 148 Å². The lowest BCUT2D eigenvalue weighted by atomic mass is 10.2. The monoisotopic (exact) mass is 346 g/mol. The molecule has 24 heavy (non-hydrogen) atoms. The summed E-state index contributed by atoms with van der Waals surface area (Å²) in [5, 5.41) is 3.43. The maximum absolute atomic E-state index is 12.3. The van der Waals surface area contributed by atoms with Gasteiger partial charge < -0.3 is 15.0 Å². The maximum atomic E-state index is 12.3. The number of carbonyl (C=O) groups excluding carboxylic acids is 1. The molecule has 0 heterocycles. The van der Waals surface area contributed by atoms with Gasteiger partial charge in [0.25, 0.3) is 5.91 Å². The summed E-state index contributed by atoms with van der Waals surface area (Å²) >= 11 is 5.96. The zero-order valence-electron chi connectivity index (χ0n) is 14.3. The van der Waals surface area contributed by atoms with Gasteiger partial charge in [0.05, 0.1) is 12.7 Å². The van der Waals surface area contributed by atoms with E-state index in [0.717, 1.165) is 13.0 Å². The fourth-order valence-electron chi connectivity index (χ4n) is 2.40. The van der Waals surface area contributed by atoms with Crippen LogP contribution >= 0.6 is 11.6 Å². The summed E-state index contributed by atoms with van der Waals surface area (Å²) < 4.78 is 5.21. The van der Waals surface area contributed by atoms with Crippen molar-refractivity contribution in [2.45, 2.75) is 13.3 Å². The molecule has 0 aliphatic heterocycles. The molecular weight excluding hydrogens is 324 g/mol. The number of carbonyl (C=O) groups is 1. The first-order chi connectivity index (χ1) is 11.5. The van der Waals surface area contributed by atoms with E-state index in [1.807, 2.05) is 7.05 Å². The van der Waals surface area contributed by atoms with Crippen LogP contribution < -0.4 is 15.0 Å². The van der Waals surface area contributed by atoms with Crippen LogP contribution in [0.15, 0.2) is 42.5 Å². The molecule has 0 unspecified atom stereocenters. The molecule has 2 aromatic rings. The molecule has 0 bridgehead atoms. The number of benzene rings is 2. The third-order valence-electron chi connectivity index (χ3n) is 3.84. The fourth-order valence-corrected chi connectivity index (χ4v) is 2.57. The van der Waals surface area contributed by atoms with Crippen LogP contribution in [0.25, 0.3) is 0 Å². The second kappa shape index (κ2) is 8.60. The molecule has 5 heteroatoms. The van der Waals surface area contributed by atoms with Gasteiger partial charge in [0.2, 0.25) is 0 Å². The summed E-state index contributed by atoms with van der Waals surface area (Å²) in [4.78, 5) is 14.4. The summed E-state index contributed by atoms with van der Waals surface area (Å²) in [5.74, 6) is 0.348. The van der Waals surface area contributed by atoms with Crippen LogP contribution in [0.3, 0.4) is 0 Å². The van der Waals surface area contributed by atoms with Gasteiger partial charge in [-0.1, -0.05) is 29.3 Å². The highest BCUT2D eigenvalue weighted by molar-refractivity contribution is 6.31. The minimum absolute atomic E-state index is 0.174. The van der Waals surface area contributed by atoms with Gasteiger partial charge in [-0.3, -0.25) is 4.79 Å². The number of anilines is 1. The number of hydrogen-bond acceptors (Lipinski definition) is 3. The van der Waals surface area contributed by atoms with E-state index in [-0.39, 0.29) is 5.91 Å². The van der Waals surface area contributed by atoms with Crippen molar-refractivity contribution >= 4 is 23.2 Å². The van der Waals surface area contributed by atoms with Gasteiger partial charge in [0.15, 0.2) is 0 Å². The Morgan fingerprint density at radius 2 is 1.92 bits per heavy atom. The van der Waals surface area contributed by atoms with Crippen molar-refractivity contribution in [1.29, 1.82) is 0 Å². The Hall–Kier alpha value is -2.20. The first kappa shape index (κ1) is 18.1. The number of nitrogens with zero attached hydrogens (tertiary/aromatic N) is 1. The Morgan fingerprint density at radius 1 is 1.21 bits per heavy atom. The third kappa shape index (κ3) is 4.90. The van der Waals surface area contributed by atoms with Crippen LogP contribution in [0.1, 0.15) is 22.3 Å². The molecule has 4 nitrogen and oxygen atoms in total. The molecule has 0 spiro atoms. The maximum Gasteiger partial charge on any atom is 0.255 e. The minimum atomic E-state index is -0.174. The average molecular weight is 347 g/mol. The van der Waals surface area contributed by atoms with Gasteiger partial charge in [-0.15, -0.1) is 0 Å². The number of ether oxygens (including phenoxy) is 1. The highest BCUT2D eigenvalue weighted by Crippen LogP contribution is 2.22. The highest BCUT2D eigenvalue weighted by Gasteiger charge is 2.12. The summed E-state index contributed by atoms with van der Waals surface area (Å²) in [6, 6.07) is 13.4. The van der Waals surface area contributed by atoms with E-state index in [9.17, 15) is 4.79 Å². The number of aryl methyl sites for hydroxylation is 1. The van der Waals surface area contributed by atoms with Crippen molar-refractivity contribution in [3.8, 4) is 5.75 Å². The highest BCUT2D eigenvalue weighted by atomic mass is 35.5. The Bertz CT molecular complexity index is 686. The van der Waals surface area contributed by atoms with Crippen molar-refractivity contribution in [3.05, 3.63) is 58.6 Å². The number of hydrogen-bond donors (Lipinski definition) is 1. The fraction of sp³-hybridized carbons (Fsp3) is 0.316. The molecule has 0 radical (unpaired) electrons. The molecule has 0 saturated carbocycles. The van der Waals surface area contributed by atoms with Crippen molar-refractivity contribution in [2.75, 3.05) is 32.1 Å². The Balaban J connectivity index is 1.82. The smallest absolute Gasteiger partial charge is 0.255 e. The Morgan fingerprint density at radius 3 is 2.58 bits per heavy atom. The molecule has 0 fully saturated rings. The largest absolute Gasteiger partial charge is 0.496 e. The number of rotatable bonds is 7. The average Bonchev–Trinajstić information content (AvgIpc) is 2.58. The lowest BCUT2D eigenvalue weighted by molar-refractivity contribution is 0.0950. The predicted octanol–water partition coefficient (Wildman–Crippen LogP) is 3.91. The molecule has 128 valence electrons. The van der Waals surface area contributed by atoms with Gasteiger partial charge >= 0.3 is 0 Å². The zero-order chi connectivity index (χ0) is 17.5. The normalized spacial score (nSPS) is 10.3. The van der Waals surface area contributed by atoms with E-state index >= 15 is 0 Å². The third-order valence-corrected chi connectivity index (χ3v) is 4.07. The molecular formula is C19H23ClN2O2. The van der Waals surface area contributed by atoms with Gasteiger partial charge in [-0.25, -0.2) is 0 Å². The van der Waals surface area contributed by atoms with Crippen LogP contribution in [0.4, 0.5) is 5.69 Å². The summed E-state index contributed by atoms with van der Waals surface area (Å²) in [6.45, 7) is 3.52. The van der Waals surface area contributed by atoms with Gasteiger partial charge in [0.1, 0.15) is 5.75 Å². The first-order valence-corrected chi connectivity index (χ1v) is 8.28. The molecule has 2 aromatic carbocycles. The van der Waals surface area contributed by atoms with Crippen LogP contribution in [0.5, 0.6) is 5.75 Å². The van der Waals surface area contributed by atoms with Crippen LogP contribution in [0.2, 0.25) is 5.02 Å². The lowest BCUT2D eigenvalue weighted by Gasteiger charge is -2.19. The quantitative estimate of drug-likeness (QED) is 0.773. The molecule has 2 rings (SSSR count). The van der Waals surface area contributed by atoms with Crippen molar-refractivity contribution in [2.24, 2.45) is 0 Å². The van der Waals surface area contributed by atoms with E-state index in [1.54, 1.807) is 18.2 Å². The van der Waals surface area contributed by atoms with E-state index < -0.39 is 0 Å². The molecule has 0 atom stereocenters. The summed E-state index contributed by atoms with van der Waals surface area (Å²) in [5.41, 5.74) is 2.87. The van der Waals surface area contributed by atoms with E-state index in [4.69, 9.17) is 16.3 Å². The topological polar surface area (TPSA) is 41.6 Å². The van der Waals surface area contributed by atoms with Crippen molar-refractivity contribution in [3.63, 3.8) is 0 Å².